The van der Waals surface area contributed by atoms with Gasteiger partial charge >= 0.3 is 0 Å². The number of Topliss-reactive ketones (excluding diaryl/α,β-unsaturated/α-hetero) is 1. The molecular weight excluding hydrogens is 428 g/mol. The molecule has 32 heavy (non-hydrogen) atoms. The Hall–Kier alpha value is -2.84. The number of amides is 1. The lowest BCUT2D eigenvalue weighted by atomic mass is 9.98. The number of thiophene rings is 1. The number of rotatable bonds is 9. The van der Waals surface area contributed by atoms with E-state index in [1.165, 1.54) is 25.6 Å². The molecule has 0 bridgehead atoms. The van der Waals surface area contributed by atoms with Crippen molar-refractivity contribution in [2.24, 2.45) is 0 Å². The van der Waals surface area contributed by atoms with Gasteiger partial charge in [-0.25, -0.2) is 0 Å². The Morgan fingerprint density at radius 2 is 1.81 bits per heavy atom. The van der Waals surface area contributed by atoms with Crippen LogP contribution in [0, 0.1) is 6.92 Å². The zero-order valence-electron chi connectivity index (χ0n) is 19.2. The van der Waals surface area contributed by atoms with E-state index in [1.54, 1.807) is 23.1 Å². The van der Waals surface area contributed by atoms with Gasteiger partial charge in [-0.2, -0.15) is 0 Å². The number of benzene rings is 1. The zero-order chi connectivity index (χ0) is 23.4. The molecule has 3 rings (SSSR count). The number of aryl methyl sites for hydroxylation is 1. The predicted octanol–water partition coefficient (Wildman–Crippen LogP) is 3.84. The van der Waals surface area contributed by atoms with Crippen LogP contribution in [0.15, 0.2) is 35.2 Å². The quantitative estimate of drug-likeness (QED) is 0.349. The number of likely N-dealkylation sites (tertiary alicyclic amines) is 1. The minimum absolute atomic E-state index is 0.104. The molecule has 0 spiro atoms. The second-order valence-electron chi connectivity index (χ2n) is 7.56. The highest BCUT2D eigenvalue weighted by Gasteiger charge is 2.47. The van der Waals surface area contributed by atoms with E-state index in [1.807, 2.05) is 18.4 Å². The Kier molecular flexibility index (Phi) is 7.58. The third kappa shape index (κ3) is 4.38. The smallest absolute Gasteiger partial charge is 0.295 e. The van der Waals surface area contributed by atoms with Gasteiger partial charge in [0.15, 0.2) is 11.5 Å². The van der Waals surface area contributed by atoms with E-state index in [0.29, 0.717) is 30.2 Å². The van der Waals surface area contributed by atoms with Gasteiger partial charge in [-0.1, -0.05) is 13.8 Å². The van der Waals surface area contributed by atoms with Crippen molar-refractivity contribution in [1.29, 1.82) is 0 Å². The average molecular weight is 459 g/mol. The first-order valence-electron chi connectivity index (χ1n) is 10.6. The number of likely N-dealkylation sites (N-methyl/N-ethyl adjacent to an activating group) is 1. The maximum absolute atomic E-state index is 13.1. The summed E-state index contributed by atoms with van der Waals surface area (Å²) in [5.74, 6) is -0.537. The summed E-state index contributed by atoms with van der Waals surface area (Å²) in [5.41, 5.74) is 1.48. The Bertz CT molecular complexity index is 1030. The van der Waals surface area contributed by atoms with Crippen molar-refractivity contribution in [3.63, 3.8) is 0 Å². The number of hydrogen-bond acceptors (Lipinski definition) is 7. The summed E-state index contributed by atoms with van der Waals surface area (Å²) in [6.45, 7) is 8.84. The van der Waals surface area contributed by atoms with Crippen LogP contribution < -0.4 is 9.47 Å². The molecule has 1 fully saturated rings. The fourth-order valence-electron chi connectivity index (χ4n) is 3.98. The molecule has 1 aliphatic heterocycles. The Morgan fingerprint density at radius 1 is 1.12 bits per heavy atom. The van der Waals surface area contributed by atoms with Gasteiger partial charge in [0.1, 0.15) is 5.76 Å². The monoisotopic (exact) mass is 458 g/mol. The summed E-state index contributed by atoms with van der Waals surface area (Å²) in [6, 6.07) is 6.25. The second-order valence-corrected chi connectivity index (χ2v) is 8.50. The van der Waals surface area contributed by atoms with Gasteiger partial charge in [-0.15, -0.1) is 11.3 Å². The van der Waals surface area contributed by atoms with Crippen molar-refractivity contribution < 1.29 is 24.2 Å². The number of aliphatic hydroxyl groups excluding tert-OH is 1. The summed E-state index contributed by atoms with van der Waals surface area (Å²) in [4.78, 5) is 30.9. The first kappa shape index (κ1) is 23.8. The van der Waals surface area contributed by atoms with Crippen LogP contribution in [0.3, 0.4) is 0 Å². The maximum atomic E-state index is 13.1. The second kappa shape index (κ2) is 10.2. The summed E-state index contributed by atoms with van der Waals surface area (Å²) >= 11 is 1.48. The van der Waals surface area contributed by atoms with E-state index in [2.05, 4.69) is 18.7 Å². The highest BCUT2D eigenvalue weighted by molar-refractivity contribution is 7.10. The molecule has 1 atom stereocenters. The van der Waals surface area contributed by atoms with E-state index in [0.717, 1.165) is 23.5 Å². The van der Waals surface area contributed by atoms with E-state index in [9.17, 15) is 14.7 Å². The first-order chi connectivity index (χ1) is 15.4. The van der Waals surface area contributed by atoms with Crippen molar-refractivity contribution >= 4 is 28.8 Å². The van der Waals surface area contributed by atoms with E-state index >= 15 is 0 Å². The lowest BCUT2D eigenvalue weighted by Gasteiger charge is -2.27. The summed E-state index contributed by atoms with van der Waals surface area (Å²) < 4.78 is 10.6. The number of nitrogens with zero attached hydrogens (tertiary/aromatic N) is 2. The van der Waals surface area contributed by atoms with E-state index in [-0.39, 0.29) is 11.3 Å². The van der Waals surface area contributed by atoms with Crippen LogP contribution in [0.25, 0.3) is 5.76 Å². The summed E-state index contributed by atoms with van der Waals surface area (Å²) in [7, 11) is 3.03. The number of aliphatic hydroxyl groups is 1. The molecule has 1 amide bonds. The van der Waals surface area contributed by atoms with Crippen LogP contribution in [0.5, 0.6) is 11.5 Å². The Balaban J connectivity index is 2.11. The molecule has 1 saturated heterocycles. The lowest BCUT2D eigenvalue weighted by Crippen LogP contribution is -2.37. The van der Waals surface area contributed by atoms with Gasteiger partial charge in [-0.3, -0.25) is 9.59 Å². The van der Waals surface area contributed by atoms with E-state index < -0.39 is 17.7 Å². The Morgan fingerprint density at radius 3 is 2.38 bits per heavy atom. The average Bonchev–Trinajstić information content (AvgIpc) is 3.34. The van der Waals surface area contributed by atoms with Crippen molar-refractivity contribution in [2.45, 2.75) is 26.8 Å². The third-order valence-corrected chi connectivity index (χ3v) is 6.97. The molecule has 1 aromatic heterocycles. The van der Waals surface area contributed by atoms with Crippen molar-refractivity contribution in [2.75, 3.05) is 40.4 Å². The highest BCUT2D eigenvalue weighted by Crippen LogP contribution is 2.43. The maximum Gasteiger partial charge on any atom is 0.295 e. The van der Waals surface area contributed by atoms with E-state index in [4.69, 9.17) is 9.47 Å². The third-order valence-electron chi connectivity index (χ3n) is 5.90. The minimum atomic E-state index is -0.672. The highest BCUT2D eigenvalue weighted by atomic mass is 32.1. The van der Waals surface area contributed by atoms with Crippen LogP contribution in [0.4, 0.5) is 0 Å². The summed E-state index contributed by atoms with van der Waals surface area (Å²) in [6.07, 6.45) is 0. The topological polar surface area (TPSA) is 79.3 Å². The van der Waals surface area contributed by atoms with Crippen LogP contribution in [0.1, 0.15) is 35.9 Å². The number of carbonyl (C=O) groups excluding carboxylic acids is 2. The molecular formula is C24H30N2O5S. The van der Waals surface area contributed by atoms with Crippen LogP contribution in [-0.2, 0) is 9.59 Å². The number of carbonyl (C=O) groups is 2. The largest absolute Gasteiger partial charge is 0.507 e. The molecule has 2 heterocycles. The zero-order valence-corrected chi connectivity index (χ0v) is 20.0. The van der Waals surface area contributed by atoms with Crippen molar-refractivity contribution in [3.05, 3.63) is 51.2 Å². The van der Waals surface area contributed by atoms with Crippen LogP contribution in [-0.4, -0.2) is 67.0 Å². The van der Waals surface area contributed by atoms with Gasteiger partial charge in [0.25, 0.3) is 11.7 Å². The molecule has 1 aromatic carbocycles. The van der Waals surface area contributed by atoms with Gasteiger partial charge in [-0.05, 0) is 55.2 Å². The first-order valence-corrected chi connectivity index (χ1v) is 11.5. The Labute approximate surface area is 192 Å². The number of ketones is 1. The molecule has 172 valence electrons. The SMILES string of the molecule is CCN(CC)CCN1C(=O)C(=O)/C(=C(\O)c2ccc(OC)c(OC)c2)C1c1sccc1C. The lowest BCUT2D eigenvalue weighted by molar-refractivity contribution is -0.140. The number of hydrogen-bond donors (Lipinski definition) is 1. The fraction of sp³-hybridized carbons (Fsp3) is 0.417. The molecule has 1 N–H and O–H groups in total. The molecule has 0 saturated carbocycles. The predicted molar refractivity (Wildman–Crippen MR) is 125 cm³/mol. The molecule has 1 aliphatic rings. The van der Waals surface area contributed by atoms with Gasteiger partial charge in [0.05, 0.1) is 25.8 Å². The van der Waals surface area contributed by atoms with Crippen LogP contribution in [0.2, 0.25) is 0 Å². The molecule has 0 aliphatic carbocycles. The molecule has 0 radical (unpaired) electrons. The van der Waals surface area contributed by atoms with Crippen molar-refractivity contribution in [3.8, 4) is 11.5 Å². The molecule has 8 heteroatoms. The van der Waals surface area contributed by atoms with Gasteiger partial charge in [0.2, 0.25) is 0 Å². The minimum Gasteiger partial charge on any atom is -0.507 e. The van der Waals surface area contributed by atoms with Crippen molar-refractivity contribution in [1.82, 2.24) is 9.80 Å². The molecule has 2 aromatic rings. The van der Waals surface area contributed by atoms with Gasteiger partial charge < -0.3 is 24.4 Å². The number of ether oxygens (including phenoxy) is 2. The number of methoxy groups -OCH3 is 2. The summed E-state index contributed by atoms with van der Waals surface area (Å²) in [5, 5.41) is 13.2. The fourth-order valence-corrected chi connectivity index (χ4v) is 5.02. The standard InChI is InChI=1S/C24H30N2O5S/c1-6-25(7-2)11-12-26-20(23-15(3)10-13-32-23)19(22(28)24(26)29)21(27)16-8-9-17(30-4)18(14-16)31-5/h8-10,13-14,20,27H,6-7,11-12H2,1-5H3/b21-19-. The molecule has 7 nitrogen and oxygen atoms in total. The van der Waals surface area contributed by atoms with Gasteiger partial charge in [0, 0.05) is 23.5 Å². The van der Waals surface area contributed by atoms with Crippen LogP contribution >= 0.6 is 11.3 Å². The normalized spacial score (nSPS) is 17.9. The molecule has 1 unspecified atom stereocenters.